The molecule has 1 amide bonds. The van der Waals surface area contributed by atoms with Gasteiger partial charge < -0.3 is 9.64 Å². The lowest BCUT2D eigenvalue weighted by Crippen LogP contribution is -2.65. The van der Waals surface area contributed by atoms with E-state index >= 15 is 0 Å². The number of ether oxygens (including phenoxy) is 1. The van der Waals surface area contributed by atoms with Crippen molar-refractivity contribution in [2.75, 3.05) is 31.1 Å². The highest BCUT2D eigenvalue weighted by molar-refractivity contribution is 5.75. The van der Waals surface area contributed by atoms with Crippen molar-refractivity contribution in [1.29, 1.82) is 0 Å². The number of halogens is 1. The van der Waals surface area contributed by atoms with Gasteiger partial charge in [0.2, 0.25) is 0 Å². The van der Waals surface area contributed by atoms with Gasteiger partial charge in [-0.15, -0.1) is 0 Å². The van der Waals surface area contributed by atoms with Crippen molar-refractivity contribution in [3.63, 3.8) is 0 Å². The molecule has 8 heteroatoms. The molecule has 0 bridgehead atoms. The number of benzene rings is 2. The third-order valence-corrected chi connectivity index (χ3v) is 7.90. The first-order valence-corrected chi connectivity index (χ1v) is 12.8. The van der Waals surface area contributed by atoms with Gasteiger partial charge in [-0.3, -0.25) is 14.8 Å². The van der Waals surface area contributed by atoms with E-state index in [0.29, 0.717) is 29.5 Å². The van der Waals surface area contributed by atoms with Gasteiger partial charge in [-0.05, 0) is 44.4 Å². The molecule has 3 fully saturated rings. The van der Waals surface area contributed by atoms with Crippen molar-refractivity contribution in [3.05, 3.63) is 66.1 Å². The number of amides is 1. The van der Waals surface area contributed by atoms with Crippen LogP contribution < -0.4 is 4.90 Å². The number of anilines is 1. The van der Waals surface area contributed by atoms with E-state index in [1.54, 1.807) is 12.3 Å². The average Bonchev–Trinajstić information content (AvgIpc) is 2.81. The molecule has 7 nitrogen and oxygen atoms in total. The fraction of sp³-hybridized carbons (Fsp3) is 0.464. The Morgan fingerprint density at radius 1 is 1.06 bits per heavy atom. The van der Waals surface area contributed by atoms with Crippen LogP contribution in [0.25, 0.3) is 11.0 Å². The molecule has 2 aromatic carbocycles. The SMILES string of the molecule is C[C@@H]1CN(c2cnc3cc(F)ccc3n2)C[C@H](C)N1C(=O)OC1CC2(C1)CN(Cc1ccccc1)C2. The number of piperazine rings is 1. The van der Waals surface area contributed by atoms with Crippen molar-refractivity contribution in [2.45, 2.75) is 51.4 Å². The molecule has 1 aromatic heterocycles. The number of rotatable bonds is 4. The Balaban J connectivity index is 1.01. The number of aromatic nitrogens is 2. The standard InChI is InChI=1S/C28H32FN5O2/c1-19-14-33(26-13-30-25-10-22(29)8-9-24(25)31-26)15-20(2)34(19)27(35)36-23-11-28(12-23)17-32(18-28)16-21-6-4-3-5-7-21/h3-10,13,19-20,23H,11-12,14-18H2,1-2H3/t19-,20+. The molecule has 3 aliphatic rings. The quantitative estimate of drug-likeness (QED) is 0.539. The highest BCUT2D eigenvalue weighted by atomic mass is 19.1. The van der Waals surface area contributed by atoms with Gasteiger partial charge in [-0.25, -0.2) is 14.2 Å². The molecule has 3 heterocycles. The number of fused-ring (bicyclic) bond motifs is 1. The Morgan fingerprint density at radius 3 is 2.50 bits per heavy atom. The first kappa shape index (κ1) is 23.2. The summed E-state index contributed by atoms with van der Waals surface area (Å²) in [6.07, 6.45) is 3.40. The molecular formula is C28H32FN5O2. The van der Waals surface area contributed by atoms with Gasteiger partial charge in [0.15, 0.2) is 0 Å². The van der Waals surface area contributed by atoms with Gasteiger partial charge in [0, 0.05) is 44.2 Å². The zero-order valence-electron chi connectivity index (χ0n) is 20.8. The van der Waals surface area contributed by atoms with Gasteiger partial charge in [0.1, 0.15) is 17.7 Å². The zero-order chi connectivity index (χ0) is 24.9. The highest BCUT2D eigenvalue weighted by Crippen LogP contribution is 2.50. The largest absolute Gasteiger partial charge is 0.446 e. The lowest BCUT2D eigenvalue weighted by molar-refractivity contribution is -0.137. The van der Waals surface area contributed by atoms with E-state index in [4.69, 9.17) is 4.74 Å². The third-order valence-electron chi connectivity index (χ3n) is 7.90. The van der Waals surface area contributed by atoms with Gasteiger partial charge >= 0.3 is 6.09 Å². The molecule has 1 aliphatic carbocycles. The van der Waals surface area contributed by atoms with Gasteiger partial charge in [-0.1, -0.05) is 30.3 Å². The topological polar surface area (TPSA) is 61.8 Å². The van der Waals surface area contributed by atoms with Crippen molar-refractivity contribution in [3.8, 4) is 0 Å². The average molecular weight is 490 g/mol. The Morgan fingerprint density at radius 2 is 1.78 bits per heavy atom. The minimum absolute atomic E-state index is 0.0144. The van der Waals surface area contributed by atoms with Gasteiger partial charge in [0.25, 0.3) is 0 Å². The number of likely N-dealkylation sites (tertiary alicyclic amines) is 1. The van der Waals surface area contributed by atoms with Gasteiger partial charge in [0.05, 0.1) is 29.3 Å². The van der Waals surface area contributed by atoms with Crippen molar-refractivity contribution in [2.24, 2.45) is 5.41 Å². The van der Waals surface area contributed by atoms with E-state index < -0.39 is 0 Å². The Kier molecular flexibility index (Phi) is 5.79. The normalized spacial score (nSPS) is 24.0. The summed E-state index contributed by atoms with van der Waals surface area (Å²) >= 11 is 0. The van der Waals surface area contributed by atoms with Crippen LogP contribution in [0.2, 0.25) is 0 Å². The summed E-state index contributed by atoms with van der Waals surface area (Å²) in [5.74, 6) is 0.421. The molecule has 36 heavy (non-hydrogen) atoms. The molecule has 1 spiro atoms. The Labute approximate surface area is 210 Å². The van der Waals surface area contributed by atoms with E-state index in [9.17, 15) is 9.18 Å². The molecular weight excluding hydrogens is 457 g/mol. The minimum atomic E-state index is -0.321. The summed E-state index contributed by atoms with van der Waals surface area (Å²) in [6.45, 7) is 8.53. The second-order valence-corrected chi connectivity index (χ2v) is 10.9. The predicted molar refractivity (Wildman–Crippen MR) is 136 cm³/mol. The number of hydrogen-bond donors (Lipinski definition) is 0. The van der Waals surface area contributed by atoms with Crippen molar-refractivity contribution >= 4 is 22.9 Å². The van der Waals surface area contributed by atoms with Crippen LogP contribution in [0.15, 0.2) is 54.7 Å². The highest BCUT2D eigenvalue weighted by Gasteiger charge is 2.54. The summed E-state index contributed by atoms with van der Waals surface area (Å²) in [5, 5.41) is 0. The molecule has 0 radical (unpaired) electrons. The maximum atomic E-state index is 13.5. The van der Waals surface area contributed by atoms with E-state index in [1.807, 2.05) is 24.8 Å². The molecule has 6 rings (SSSR count). The smallest absolute Gasteiger partial charge is 0.410 e. The summed E-state index contributed by atoms with van der Waals surface area (Å²) in [6, 6.07) is 15.0. The second-order valence-electron chi connectivity index (χ2n) is 10.9. The number of hydrogen-bond acceptors (Lipinski definition) is 6. The molecule has 1 saturated carbocycles. The minimum Gasteiger partial charge on any atom is -0.446 e. The lowest BCUT2D eigenvalue weighted by Gasteiger charge is -2.58. The first-order valence-electron chi connectivity index (χ1n) is 12.8. The van der Waals surface area contributed by atoms with Crippen LogP contribution in [0, 0.1) is 11.2 Å². The Bertz CT molecular complexity index is 1250. The summed E-state index contributed by atoms with van der Waals surface area (Å²) < 4.78 is 19.4. The zero-order valence-corrected chi connectivity index (χ0v) is 20.8. The van der Waals surface area contributed by atoms with Crippen LogP contribution in [-0.4, -0.2) is 70.2 Å². The van der Waals surface area contributed by atoms with Crippen molar-refractivity contribution < 1.29 is 13.9 Å². The van der Waals surface area contributed by atoms with Crippen LogP contribution in [0.4, 0.5) is 15.0 Å². The number of carbonyl (C=O) groups excluding carboxylic acids is 1. The molecule has 3 aromatic rings. The monoisotopic (exact) mass is 489 g/mol. The second kappa shape index (κ2) is 9.00. The van der Waals surface area contributed by atoms with Crippen LogP contribution in [-0.2, 0) is 11.3 Å². The lowest BCUT2D eigenvalue weighted by atomic mass is 9.61. The van der Waals surface area contributed by atoms with Crippen molar-refractivity contribution in [1.82, 2.24) is 19.8 Å². The van der Waals surface area contributed by atoms with E-state index in [-0.39, 0.29) is 30.1 Å². The van der Waals surface area contributed by atoms with Crippen LogP contribution in [0.3, 0.4) is 0 Å². The number of carbonyl (C=O) groups is 1. The molecule has 2 saturated heterocycles. The summed E-state index contributed by atoms with van der Waals surface area (Å²) in [4.78, 5) is 28.6. The van der Waals surface area contributed by atoms with Crippen LogP contribution >= 0.6 is 0 Å². The third kappa shape index (κ3) is 4.39. The van der Waals surface area contributed by atoms with Gasteiger partial charge in [-0.2, -0.15) is 0 Å². The maximum Gasteiger partial charge on any atom is 0.410 e. The Hall–Kier alpha value is -3.26. The number of nitrogens with zero attached hydrogens (tertiary/aromatic N) is 5. The summed E-state index contributed by atoms with van der Waals surface area (Å²) in [7, 11) is 0. The molecule has 0 N–H and O–H groups in total. The maximum absolute atomic E-state index is 13.5. The first-order chi connectivity index (χ1) is 17.4. The molecule has 2 atom stereocenters. The van der Waals surface area contributed by atoms with E-state index in [1.165, 1.54) is 17.7 Å². The fourth-order valence-electron chi connectivity index (χ4n) is 6.30. The predicted octanol–water partition coefficient (Wildman–Crippen LogP) is 4.47. The molecule has 188 valence electrons. The van der Waals surface area contributed by atoms with E-state index in [0.717, 1.165) is 38.3 Å². The van der Waals surface area contributed by atoms with Crippen LogP contribution in [0.1, 0.15) is 32.3 Å². The fourth-order valence-corrected chi connectivity index (χ4v) is 6.30. The molecule has 2 aliphatic heterocycles. The van der Waals surface area contributed by atoms with E-state index in [2.05, 4.69) is 44.0 Å². The molecule has 0 unspecified atom stereocenters. The summed E-state index contributed by atoms with van der Waals surface area (Å²) in [5.41, 5.74) is 2.87. The van der Waals surface area contributed by atoms with Crippen LogP contribution in [0.5, 0.6) is 0 Å².